The minimum Gasteiger partial charge on any atom is -0.452 e. The third-order valence-corrected chi connectivity index (χ3v) is 15.4. The SMILES string of the molecule is C/C=C\C1=C(CC)c2ccccc2C12c1ccc(CC)c(/C=C\C)c1-c1c2cc(N(c2ccccc2)c2ccc(C(C)(C)C)cc2)c2oc3c(N(c4ccccc4)c4ccc(C(C)(C)C)cc4)cccc3c12. The second-order valence-electron chi connectivity index (χ2n) is 21.7. The molecule has 0 N–H and O–H groups in total. The molecular formula is C69H66N2O. The number of allylic oxidation sites excluding steroid dienone is 5. The summed E-state index contributed by atoms with van der Waals surface area (Å²) >= 11 is 0. The molecule has 0 fully saturated rings. The molecule has 0 amide bonds. The van der Waals surface area contributed by atoms with Crippen LogP contribution in [-0.2, 0) is 22.7 Å². The van der Waals surface area contributed by atoms with Crippen molar-refractivity contribution in [3.05, 3.63) is 238 Å². The predicted molar refractivity (Wildman–Crippen MR) is 308 cm³/mol. The van der Waals surface area contributed by atoms with E-state index in [1.54, 1.807) is 0 Å². The molecule has 0 saturated heterocycles. The number of benzene rings is 8. The molecule has 2 aliphatic carbocycles. The van der Waals surface area contributed by atoms with Crippen LogP contribution in [0.15, 0.2) is 198 Å². The van der Waals surface area contributed by atoms with Crippen molar-refractivity contribution >= 4 is 67.7 Å². The van der Waals surface area contributed by atoms with Crippen molar-refractivity contribution in [3.8, 4) is 11.1 Å². The molecule has 2 aliphatic rings. The maximum absolute atomic E-state index is 7.83. The number of para-hydroxylation sites is 3. The lowest BCUT2D eigenvalue weighted by Crippen LogP contribution is -2.27. The fraction of sp³-hybridized carbons (Fsp3) is 0.217. The lowest BCUT2D eigenvalue weighted by Gasteiger charge is -2.33. The molecule has 0 bridgehead atoms. The summed E-state index contributed by atoms with van der Waals surface area (Å²) in [5.74, 6) is 0. The van der Waals surface area contributed by atoms with Crippen molar-refractivity contribution in [2.45, 2.75) is 98.3 Å². The molecule has 0 aliphatic heterocycles. The van der Waals surface area contributed by atoms with Gasteiger partial charge in [0.1, 0.15) is 0 Å². The smallest absolute Gasteiger partial charge is 0.160 e. The minimum absolute atomic E-state index is 0.00764. The fourth-order valence-electron chi connectivity index (χ4n) is 12.1. The Bertz CT molecular complexity index is 3610. The van der Waals surface area contributed by atoms with Gasteiger partial charge in [0.15, 0.2) is 11.2 Å². The first-order valence-corrected chi connectivity index (χ1v) is 26.0. The van der Waals surface area contributed by atoms with E-state index in [2.05, 4.69) is 273 Å². The summed E-state index contributed by atoms with van der Waals surface area (Å²) in [6.45, 7) is 22.6. The highest BCUT2D eigenvalue weighted by atomic mass is 16.3. The molecule has 11 rings (SSSR count). The van der Waals surface area contributed by atoms with Crippen LogP contribution in [0.1, 0.15) is 120 Å². The van der Waals surface area contributed by atoms with E-state index in [0.717, 1.165) is 68.9 Å². The minimum atomic E-state index is -0.616. The highest BCUT2D eigenvalue weighted by molar-refractivity contribution is 6.23. The highest BCUT2D eigenvalue weighted by Gasteiger charge is 2.54. The van der Waals surface area contributed by atoms with Gasteiger partial charge in [0.05, 0.1) is 16.8 Å². The Morgan fingerprint density at radius 1 is 0.486 bits per heavy atom. The maximum atomic E-state index is 7.83. The zero-order valence-corrected chi connectivity index (χ0v) is 43.7. The van der Waals surface area contributed by atoms with Gasteiger partial charge in [-0.1, -0.05) is 189 Å². The molecule has 1 atom stereocenters. The van der Waals surface area contributed by atoms with Crippen molar-refractivity contribution in [1.82, 2.24) is 0 Å². The van der Waals surface area contributed by atoms with Crippen LogP contribution in [0.5, 0.6) is 0 Å². The van der Waals surface area contributed by atoms with Crippen LogP contribution < -0.4 is 9.80 Å². The first-order valence-electron chi connectivity index (χ1n) is 26.0. The molecule has 1 spiro atoms. The Labute approximate surface area is 427 Å². The second-order valence-corrected chi connectivity index (χ2v) is 21.7. The summed E-state index contributed by atoms with van der Waals surface area (Å²) in [7, 11) is 0. The third kappa shape index (κ3) is 7.22. The van der Waals surface area contributed by atoms with Crippen molar-refractivity contribution < 1.29 is 4.42 Å². The standard InChI is InChI=1S/C69H66N2O/c1-11-24-53-45(13-3)34-43-58-62(53)64-59(69(58)56(25-12-2)52(14-4)54-30-21-22-32-57(54)69)44-61(71(49-28-19-16-20-29-49)51-41-37-47(38-42-51)68(8,9)10)66-63(64)55-31-23-33-60(65(55)72-66)70(48-26-17-15-18-27-48)50-39-35-46(36-40-50)67(5,6)7/h11-12,15-44H,13-14H2,1-10H3/b24-11-,25-12-. The monoisotopic (exact) mass is 939 g/mol. The Kier molecular flexibility index (Phi) is 11.6. The number of aryl methyl sites for hydroxylation is 1. The number of nitrogens with zero attached hydrogens (tertiary/aromatic N) is 2. The Morgan fingerprint density at radius 2 is 1.04 bits per heavy atom. The van der Waals surface area contributed by atoms with Gasteiger partial charge in [0, 0.05) is 33.5 Å². The molecule has 3 nitrogen and oxygen atoms in total. The molecule has 8 aromatic carbocycles. The normalized spacial score (nSPS) is 15.4. The van der Waals surface area contributed by atoms with Crippen LogP contribution in [0.3, 0.4) is 0 Å². The van der Waals surface area contributed by atoms with Crippen molar-refractivity contribution in [3.63, 3.8) is 0 Å². The van der Waals surface area contributed by atoms with Gasteiger partial charge in [-0.2, -0.15) is 0 Å². The van der Waals surface area contributed by atoms with Gasteiger partial charge in [-0.05, 0) is 165 Å². The molecule has 358 valence electrons. The molecule has 1 heterocycles. The van der Waals surface area contributed by atoms with Crippen LogP contribution >= 0.6 is 0 Å². The third-order valence-electron chi connectivity index (χ3n) is 15.4. The number of furan rings is 1. The zero-order chi connectivity index (χ0) is 50.1. The van der Waals surface area contributed by atoms with E-state index in [9.17, 15) is 0 Å². The van der Waals surface area contributed by atoms with Crippen LogP contribution in [0.2, 0.25) is 0 Å². The van der Waals surface area contributed by atoms with Gasteiger partial charge in [0.2, 0.25) is 0 Å². The second kappa shape index (κ2) is 17.9. The van der Waals surface area contributed by atoms with Gasteiger partial charge in [-0.3, -0.25) is 0 Å². The van der Waals surface area contributed by atoms with E-state index >= 15 is 0 Å². The van der Waals surface area contributed by atoms with Gasteiger partial charge in [-0.15, -0.1) is 0 Å². The molecule has 1 aromatic heterocycles. The number of hydrogen-bond donors (Lipinski definition) is 0. The predicted octanol–water partition coefficient (Wildman–Crippen LogP) is 19.8. The van der Waals surface area contributed by atoms with Crippen molar-refractivity contribution in [2.75, 3.05) is 9.80 Å². The lowest BCUT2D eigenvalue weighted by molar-refractivity contribution is 0.590. The topological polar surface area (TPSA) is 19.6 Å². The van der Waals surface area contributed by atoms with Gasteiger partial charge < -0.3 is 14.2 Å². The highest BCUT2D eigenvalue weighted by Crippen LogP contribution is 2.66. The Balaban J connectivity index is 1.35. The van der Waals surface area contributed by atoms with Crippen LogP contribution in [0, 0.1) is 0 Å². The largest absolute Gasteiger partial charge is 0.452 e. The molecule has 0 saturated carbocycles. The average molecular weight is 939 g/mol. The first kappa shape index (κ1) is 46.7. The van der Waals surface area contributed by atoms with Crippen molar-refractivity contribution in [1.29, 1.82) is 0 Å². The number of rotatable bonds is 10. The van der Waals surface area contributed by atoms with E-state index in [1.165, 1.54) is 66.8 Å². The van der Waals surface area contributed by atoms with Crippen molar-refractivity contribution in [2.24, 2.45) is 0 Å². The van der Waals surface area contributed by atoms with E-state index in [-0.39, 0.29) is 10.8 Å². The van der Waals surface area contributed by atoms with E-state index in [1.807, 2.05) is 0 Å². The quantitative estimate of drug-likeness (QED) is 0.136. The summed E-state index contributed by atoms with van der Waals surface area (Å²) in [5.41, 5.74) is 23.1. The summed E-state index contributed by atoms with van der Waals surface area (Å²) in [4.78, 5) is 4.82. The van der Waals surface area contributed by atoms with Gasteiger partial charge >= 0.3 is 0 Å². The van der Waals surface area contributed by atoms with E-state index < -0.39 is 5.41 Å². The Hall–Kier alpha value is -7.62. The molecule has 3 heteroatoms. The molecule has 9 aromatic rings. The number of anilines is 6. The van der Waals surface area contributed by atoms with Gasteiger partial charge in [0.25, 0.3) is 0 Å². The summed E-state index contributed by atoms with van der Waals surface area (Å²) in [6.07, 6.45) is 11.1. The zero-order valence-electron chi connectivity index (χ0n) is 43.7. The molecular weight excluding hydrogens is 873 g/mol. The number of hydrogen-bond acceptors (Lipinski definition) is 3. The first-order chi connectivity index (χ1) is 34.8. The summed E-state index contributed by atoms with van der Waals surface area (Å²) < 4.78 is 7.83. The maximum Gasteiger partial charge on any atom is 0.160 e. The summed E-state index contributed by atoms with van der Waals surface area (Å²) in [5, 5.41) is 2.21. The van der Waals surface area contributed by atoms with Gasteiger partial charge in [-0.25, -0.2) is 0 Å². The molecule has 0 radical (unpaired) electrons. The summed E-state index contributed by atoms with van der Waals surface area (Å²) in [6, 6.07) is 63.3. The van der Waals surface area contributed by atoms with Crippen LogP contribution in [0.4, 0.5) is 34.1 Å². The van der Waals surface area contributed by atoms with Crippen LogP contribution in [0.25, 0.3) is 44.7 Å². The lowest BCUT2D eigenvalue weighted by atomic mass is 9.69. The average Bonchev–Trinajstić information content (AvgIpc) is 4.01. The number of fused-ring (bicyclic) bond motifs is 11. The molecule has 72 heavy (non-hydrogen) atoms. The van der Waals surface area contributed by atoms with E-state index in [4.69, 9.17) is 4.42 Å². The fourth-order valence-corrected chi connectivity index (χ4v) is 12.1. The molecule has 1 unspecified atom stereocenters. The van der Waals surface area contributed by atoms with Crippen LogP contribution in [-0.4, -0.2) is 0 Å². The van der Waals surface area contributed by atoms with E-state index in [0.29, 0.717) is 0 Å². The Morgan fingerprint density at radius 3 is 1.60 bits per heavy atom.